The number of carbonyl (C=O) groups is 2. The lowest BCUT2D eigenvalue weighted by molar-refractivity contribution is -0.118. The Labute approximate surface area is 179 Å². The van der Waals surface area contributed by atoms with Crippen molar-refractivity contribution in [1.29, 1.82) is 0 Å². The number of nitrogens with zero attached hydrogens (tertiary/aromatic N) is 3. The van der Waals surface area contributed by atoms with Crippen molar-refractivity contribution in [3.63, 3.8) is 0 Å². The second-order valence-electron chi connectivity index (χ2n) is 8.02. The molecule has 0 spiro atoms. The third-order valence-corrected chi connectivity index (χ3v) is 5.57. The summed E-state index contributed by atoms with van der Waals surface area (Å²) in [5.41, 5.74) is 3.79. The molecule has 0 atom stereocenters. The Kier molecular flexibility index (Phi) is 7.97. The predicted molar refractivity (Wildman–Crippen MR) is 120 cm³/mol. The number of aromatic nitrogens is 1. The molecule has 0 saturated heterocycles. The molecule has 6 nitrogen and oxygen atoms in total. The maximum atomic E-state index is 12.8. The molecular formula is C24H32N4O2. The zero-order valence-electron chi connectivity index (χ0n) is 18.1. The van der Waals surface area contributed by atoms with Gasteiger partial charge in [0.2, 0.25) is 11.8 Å². The van der Waals surface area contributed by atoms with Crippen LogP contribution in [0, 0.1) is 6.92 Å². The molecule has 2 heterocycles. The average molecular weight is 409 g/mol. The van der Waals surface area contributed by atoms with E-state index in [1.807, 2.05) is 36.1 Å². The molecule has 30 heavy (non-hydrogen) atoms. The molecule has 1 aromatic carbocycles. The van der Waals surface area contributed by atoms with Crippen molar-refractivity contribution in [1.82, 2.24) is 9.88 Å². The fourth-order valence-electron chi connectivity index (χ4n) is 3.95. The fraction of sp³-hybridized carbons (Fsp3) is 0.458. The normalized spacial score (nSPS) is 16.1. The van der Waals surface area contributed by atoms with Gasteiger partial charge in [-0.25, -0.2) is 0 Å². The van der Waals surface area contributed by atoms with Crippen molar-refractivity contribution in [3.8, 4) is 0 Å². The number of pyridine rings is 1. The van der Waals surface area contributed by atoms with E-state index >= 15 is 0 Å². The number of hydrogen-bond acceptors (Lipinski definition) is 4. The Balaban J connectivity index is 1.78. The van der Waals surface area contributed by atoms with E-state index in [0.29, 0.717) is 13.1 Å². The molecule has 1 aromatic heterocycles. The molecule has 2 amide bonds. The quantitative estimate of drug-likeness (QED) is 0.829. The van der Waals surface area contributed by atoms with Crippen LogP contribution in [0.5, 0.6) is 0 Å². The molecular weight excluding hydrogens is 376 g/mol. The molecule has 3 rings (SSSR count). The van der Waals surface area contributed by atoms with Crippen LogP contribution in [0.1, 0.15) is 50.2 Å². The van der Waals surface area contributed by atoms with Crippen LogP contribution in [0.25, 0.3) is 0 Å². The number of carbonyl (C=O) groups excluding carboxylic acids is 2. The Bertz CT molecular complexity index is 868. The molecule has 0 radical (unpaired) electrons. The highest BCUT2D eigenvalue weighted by Gasteiger charge is 2.19. The minimum Gasteiger partial charge on any atom is -0.325 e. The number of aryl methyl sites for hydroxylation is 1. The molecule has 0 bridgehead atoms. The van der Waals surface area contributed by atoms with Crippen LogP contribution in [0.2, 0.25) is 0 Å². The van der Waals surface area contributed by atoms with E-state index in [1.54, 1.807) is 19.3 Å². The van der Waals surface area contributed by atoms with Gasteiger partial charge in [0.1, 0.15) is 0 Å². The van der Waals surface area contributed by atoms with Gasteiger partial charge >= 0.3 is 0 Å². The summed E-state index contributed by atoms with van der Waals surface area (Å²) in [6.45, 7) is 6.13. The Hall–Kier alpha value is -2.73. The van der Waals surface area contributed by atoms with Crippen molar-refractivity contribution in [2.45, 2.75) is 52.5 Å². The smallest absolute Gasteiger partial charge is 0.238 e. The lowest BCUT2D eigenvalue weighted by Crippen LogP contribution is -2.35. The van der Waals surface area contributed by atoms with E-state index in [9.17, 15) is 9.59 Å². The van der Waals surface area contributed by atoms with E-state index in [2.05, 4.69) is 21.3 Å². The van der Waals surface area contributed by atoms with Gasteiger partial charge in [0.05, 0.1) is 6.54 Å². The molecule has 0 fully saturated rings. The van der Waals surface area contributed by atoms with Crippen LogP contribution in [0.4, 0.5) is 11.4 Å². The first kappa shape index (κ1) is 22.0. The monoisotopic (exact) mass is 408 g/mol. The molecule has 0 aliphatic carbocycles. The minimum atomic E-state index is -0.0303. The molecule has 6 heteroatoms. The van der Waals surface area contributed by atoms with Crippen molar-refractivity contribution in [3.05, 3.63) is 53.9 Å². The van der Waals surface area contributed by atoms with Gasteiger partial charge in [0.25, 0.3) is 0 Å². The number of benzene rings is 1. The fourth-order valence-corrected chi connectivity index (χ4v) is 3.95. The van der Waals surface area contributed by atoms with Gasteiger partial charge in [-0.1, -0.05) is 37.5 Å². The molecule has 1 aliphatic rings. The van der Waals surface area contributed by atoms with Gasteiger partial charge in [-0.3, -0.25) is 19.5 Å². The second-order valence-corrected chi connectivity index (χ2v) is 8.02. The maximum Gasteiger partial charge on any atom is 0.238 e. The highest BCUT2D eigenvalue weighted by molar-refractivity contribution is 5.93. The first-order chi connectivity index (χ1) is 14.5. The summed E-state index contributed by atoms with van der Waals surface area (Å²) >= 11 is 0. The zero-order valence-corrected chi connectivity index (χ0v) is 18.1. The maximum absolute atomic E-state index is 12.8. The van der Waals surface area contributed by atoms with Crippen molar-refractivity contribution in [2.24, 2.45) is 0 Å². The standard InChI is InChI=1S/C24H32N4O2/c1-19-16-25-13-12-22(19)26-24(30)18-27-14-8-4-3-5-9-15-28(20(2)29)23-11-7-6-10-21(23)17-27/h6-7,10-13,16H,3-5,8-9,14-15,17-18H2,1-2H3,(H,25,26,30). The number of para-hydroxylation sites is 1. The van der Waals surface area contributed by atoms with Crippen LogP contribution >= 0.6 is 0 Å². The summed E-state index contributed by atoms with van der Waals surface area (Å²) in [5.74, 6) is 0.0364. The summed E-state index contributed by atoms with van der Waals surface area (Å²) in [4.78, 5) is 33.2. The van der Waals surface area contributed by atoms with Gasteiger partial charge in [0, 0.05) is 43.8 Å². The van der Waals surface area contributed by atoms with E-state index in [0.717, 1.165) is 67.7 Å². The SMILES string of the molecule is CC(=O)N1CCCCCCCN(CC(=O)Nc2ccncc2C)Cc2ccccc21. The topological polar surface area (TPSA) is 65.5 Å². The highest BCUT2D eigenvalue weighted by atomic mass is 16.2. The Morgan fingerprint density at radius 3 is 2.53 bits per heavy atom. The van der Waals surface area contributed by atoms with Crippen LogP contribution in [0.15, 0.2) is 42.7 Å². The van der Waals surface area contributed by atoms with Gasteiger partial charge < -0.3 is 10.2 Å². The number of amides is 2. The number of hydrogen-bond donors (Lipinski definition) is 1. The predicted octanol–water partition coefficient (Wildman–Crippen LogP) is 4.15. The van der Waals surface area contributed by atoms with Crippen LogP contribution in [-0.4, -0.2) is 41.3 Å². The van der Waals surface area contributed by atoms with E-state index < -0.39 is 0 Å². The number of rotatable bonds is 3. The lowest BCUT2D eigenvalue weighted by Gasteiger charge is -2.28. The summed E-state index contributed by atoms with van der Waals surface area (Å²) in [7, 11) is 0. The Morgan fingerprint density at radius 1 is 1.03 bits per heavy atom. The first-order valence-corrected chi connectivity index (χ1v) is 10.8. The third kappa shape index (κ3) is 6.13. The molecule has 1 N–H and O–H groups in total. The molecule has 2 aromatic rings. The summed E-state index contributed by atoms with van der Waals surface area (Å²) < 4.78 is 0. The second kappa shape index (κ2) is 10.9. The van der Waals surface area contributed by atoms with Crippen molar-refractivity contribution < 1.29 is 9.59 Å². The van der Waals surface area contributed by atoms with Gasteiger partial charge in [-0.05, 0) is 49.6 Å². The van der Waals surface area contributed by atoms with Crippen LogP contribution < -0.4 is 10.2 Å². The molecule has 1 aliphatic heterocycles. The van der Waals surface area contributed by atoms with Crippen molar-refractivity contribution >= 4 is 23.2 Å². The summed E-state index contributed by atoms with van der Waals surface area (Å²) in [6, 6.07) is 9.88. The molecule has 0 unspecified atom stereocenters. The number of nitrogens with one attached hydrogen (secondary N) is 1. The van der Waals surface area contributed by atoms with Crippen LogP contribution in [0.3, 0.4) is 0 Å². The minimum absolute atomic E-state index is 0.0303. The van der Waals surface area contributed by atoms with Gasteiger partial charge in [-0.2, -0.15) is 0 Å². The van der Waals surface area contributed by atoms with Gasteiger partial charge in [-0.15, -0.1) is 0 Å². The Morgan fingerprint density at radius 2 is 1.77 bits per heavy atom. The van der Waals surface area contributed by atoms with E-state index in [4.69, 9.17) is 0 Å². The van der Waals surface area contributed by atoms with E-state index in [1.165, 1.54) is 0 Å². The van der Waals surface area contributed by atoms with Gasteiger partial charge in [0.15, 0.2) is 0 Å². The van der Waals surface area contributed by atoms with E-state index in [-0.39, 0.29) is 11.8 Å². The number of anilines is 2. The zero-order chi connectivity index (χ0) is 21.3. The lowest BCUT2D eigenvalue weighted by atomic mass is 10.1. The largest absolute Gasteiger partial charge is 0.325 e. The average Bonchev–Trinajstić information content (AvgIpc) is 2.71. The summed E-state index contributed by atoms with van der Waals surface area (Å²) in [5, 5.41) is 3.01. The third-order valence-electron chi connectivity index (χ3n) is 5.57. The first-order valence-electron chi connectivity index (χ1n) is 10.8. The number of fused-ring (bicyclic) bond motifs is 1. The van der Waals surface area contributed by atoms with Crippen LogP contribution in [-0.2, 0) is 16.1 Å². The van der Waals surface area contributed by atoms with Crippen molar-refractivity contribution in [2.75, 3.05) is 29.9 Å². The summed E-state index contributed by atoms with van der Waals surface area (Å²) in [6.07, 6.45) is 8.94. The molecule has 160 valence electrons. The highest BCUT2D eigenvalue weighted by Crippen LogP contribution is 2.24. The molecule has 0 saturated carbocycles.